The van der Waals surface area contributed by atoms with E-state index in [1.54, 1.807) is 0 Å². The number of hydrogen-bond donors (Lipinski definition) is 1. The lowest BCUT2D eigenvalue weighted by atomic mass is 9.72. The summed E-state index contributed by atoms with van der Waals surface area (Å²) in [7, 11) is 0. The molecule has 1 aromatic heterocycles. The van der Waals surface area contributed by atoms with Crippen LogP contribution in [0.5, 0.6) is 0 Å². The summed E-state index contributed by atoms with van der Waals surface area (Å²) in [5, 5.41) is 9.82. The summed E-state index contributed by atoms with van der Waals surface area (Å²) in [4.78, 5) is 10.3. The molecule has 3 rings (SSSR count). The van der Waals surface area contributed by atoms with Gasteiger partial charge in [0.15, 0.2) is 11.6 Å². The number of rotatable bonds is 4. The van der Waals surface area contributed by atoms with Gasteiger partial charge in [0.2, 0.25) is 0 Å². The van der Waals surface area contributed by atoms with Gasteiger partial charge in [-0.3, -0.25) is 0 Å². The lowest BCUT2D eigenvalue weighted by Crippen LogP contribution is -2.40. The molecule has 0 unspecified atom stereocenters. The van der Waals surface area contributed by atoms with Gasteiger partial charge in [0.25, 0.3) is 0 Å². The Balaban J connectivity index is 2.00. The molecule has 1 aromatic rings. The third-order valence-corrected chi connectivity index (χ3v) is 5.29. The number of nitrogens with zero attached hydrogens (tertiary/aromatic N) is 3. The third kappa shape index (κ3) is 1.75. The third-order valence-electron chi connectivity index (χ3n) is 5.29. The molecule has 2 aliphatic heterocycles. The van der Waals surface area contributed by atoms with E-state index in [9.17, 15) is 9.50 Å². The highest BCUT2D eigenvalue weighted by molar-refractivity contribution is 5.48. The minimum atomic E-state index is -0.281. The minimum Gasteiger partial charge on any atom is -0.396 e. The van der Waals surface area contributed by atoms with E-state index < -0.39 is 0 Å². The van der Waals surface area contributed by atoms with Gasteiger partial charge in [0, 0.05) is 17.5 Å². The Labute approximate surface area is 119 Å². The highest BCUT2D eigenvalue weighted by atomic mass is 19.1. The number of aliphatic hydroxyl groups is 1. The van der Waals surface area contributed by atoms with Crippen LogP contribution in [-0.2, 0) is 6.42 Å². The lowest BCUT2D eigenvalue weighted by Gasteiger charge is -2.35. The van der Waals surface area contributed by atoms with Crippen LogP contribution in [0.25, 0.3) is 0 Å². The van der Waals surface area contributed by atoms with Crippen LogP contribution in [0.2, 0.25) is 0 Å². The Morgan fingerprint density at radius 2 is 2.20 bits per heavy atom. The van der Waals surface area contributed by atoms with E-state index in [-0.39, 0.29) is 23.9 Å². The zero-order chi connectivity index (χ0) is 14.3. The Hall–Kier alpha value is -1.23. The maximum Gasteiger partial charge on any atom is 0.187 e. The van der Waals surface area contributed by atoms with Gasteiger partial charge in [0.1, 0.15) is 6.33 Å². The predicted octanol–water partition coefficient (Wildman–Crippen LogP) is 2.31. The SMILES string of the molecule is CCc1ncnc(N2[C@@H]3CC[C@H]2[C@@](CC)(CO)C3)c1F. The molecule has 20 heavy (non-hydrogen) atoms. The average Bonchev–Trinajstić information content (AvgIpc) is 3.03. The van der Waals surface area contributed by atoms with Crippen molar-refractivity contribution in [3.05, 3.63) is 17.8 Å². The van der Waals surface area contributed by atoms with Gasteiger partial charge < -0.3 is 10.0 Å². The van der Waals surface area contributed by atoms with Crippen molar-refractivity contribution in [2.75, 3.05) is 11.5 Å². The summed E-state index contributed by atoms with van der Waals surface area (Å²) in [6.07, 6.45) is 5.98. The minimum absolute atomic E-state index is 0.0906. The number of fused-ring (bicyclic) bond motifs is 2. The van der Waals surface area contributed by atoms with Crippen LogP contribution in [-0.4, -0.2) is 33.8 Å². The molecule has 3 atom stereocenters. The maximum atomic E-state index is 14.5. The van der Waals surface area contributed by atoms with E-state index in [4.69, 9.17) is 0 Å². The quantitative estimate of drug-likeness (QED) is 0.919. The molecule has 5 heteroatoms. The summed E-state index contributed by atoms with van der Waals surface area (Å²) in [5.41, 5.74) is 0.388. The van der Waals surface area contributed by atoms with Gasteiger partial charge in [-0.2, -0.15) is 0 Å². The van der Waals surface area contributed by atoms with Crippen molar-refractivity contribution in [3.63, 3.8) is 0 Å². The summed E-state index contributed by atoms with van der Waals surface area (Å²) in [6.45, 7) is 4.19. The number of aromatic nitrogens is 2. The van der Waals surface area contributed by atoms with E-state index in [0.29, 0.717) is 24.0 Å². The van der Waals surface area contributed by atoms with Crippen molar-refractivity contribution in [1.29, 1.82) is 0 Å². The first-order chi connectivity index (χ1) is 9.66. The van der Waals surface area contributed by atoms with Crippen LogP contribution < -0.4 is 4.90 Å². The van der Waals surface area contributed by atoms with Crippen molar-refractivity contribution in [3.8, 4) is 0 Å². The van der Waals surface area contributed by atoms with Crippen LogP contribution in [0.4, 0.5) is 10.2 Å². The second-order valence-corrected chi connectivity index (χ2v) is 6.04. The molecule has 0 aromatic carbocycles. The summed E-state index contributed by atoms with van der Waals surface area (Å²) in [5.74, 6) is 0.157. The van der Waals surface area contributed by atoms with E-state index in [1.165, 1.54) is 6.33 Å². The van der Waals surface area contributed by atoms with Crippen molar-refractivity contribution < 1.29 is 9.50 Å². The van der Waals surface area contributed by atoms with Crippen molar-refractivity contribution in [2.45, 2.75) is 58.0 Å². The summed E-state index contributed by atoms with van der Waals surface area (Å²) < 4.78 is 14.5. The van der Waals surface area contributed by atoms with Crippen molar-refractivity contribution >= 4 is 5.82 Å². The van der Waals surface area contributed by atoms with E-state index in [2.05, 4.69) is 21.8 Å². The van der Waals surface area contributed by atoms with Crippen molar-refractivity contribution in [2.24, 2.45) is 5.41 Å². The molecule has 2 bridgehead atoms. The molecule has 110 valence electrons. The second kappa shape index (κ2) is 4.95. The van der Waals surface area contributed by atoms with Crippen LogP contribution in [0.3, 0.4) is 0 Å². The van der Waals surface area contributed by atoms with Crippen LogP contribution >= 0.6 is 0 Å². The monoisotopic (exact) mass is 279 g/mol. The van der Waals surface area contributed by atoms with Crippen molar-refractivity contribution in [1.82, 2.24) is 9.97 Å². The predicted molar refractivity (Wildman–Crippen MR) is 75.1 cm³/mol. The van der Waals surface area contributed by atoms with E-state index >= 15 is 0 Å². The topological polar surface area (TPSA) is 49.2 Å². The molecule has 3 heterocycles. The molecule has 0 radical (unpaired) electrons. The highest BCUT2D eigenvalue weighted by Crippen LogP contribution is 2.52. The molecule has 1 N–H and O–H groups in total. The molecule has 0 spiro atoms. The molecular weight excluding hydrogens is 257 g/mol. The van der Waals surface area contributed by atoms with Gasteiger partial charge in [-0.25, -0.2) is 14.4 Å². The molecule has 0 amide bonds. The molecule has 4 nitrogen and oxygen atoms in total. The number of halogens is 1. The fourth-order valence-corrected chi connectivity index (χ4v) is 4.09. The molecule has 0 saturated carbocycles. The average molecular weight is 279 g/mol. The number of anilines is 1. The highest BCUT2D eigenvalue weighted by Gasteiger charge is 2.55. The van der Waals surface area contributed by atoms with Crippen LogP contribution in [0.15, 0.2) is 6.33 Å². The van der Waals surface area contributed by atoms with Gasteiger partial charge in [-0.1, -0.05) is 13.8 Å². The van der Waals surface area contributed by atoms with Gasteiger partial charge >= 0.3 is 0 Å². The Kier molecular flexibility index (Phi) is 3.40. The fraction of sp³-hybridized carbons (Fsp3) is 0.733. The lowest BCUT2D eigenvalue weighted by molar-refractivity contribution is 0.0943. The molecule has 0 aliphatic carbocycles. The van der Waals surface area contributed by atoms with Gasteiger partial charge in [-0.05, 0) is 32.1 Å². The first kappa shape index (κ1) is 13.7. The number of aliphatic hydroxyl groups excluding tert-OH is 1. The van der Waals surface area contributed by atoms with E-state index in [1.807, 2.05) is 6.92 Å². The first-order valence-electron chi connectivity index (χ1n) is 7.55. The number of hydrogen-bond acceptors (Lipinski definition) is 4. The zero-order valence-corrected chi connectivity index (χ0v) is 12.1. The normalized spacial score (nSPS) is 32.1. The Morgan fingerprint density at radius 3 is 2.80 bits per heavy atom. The largest absolute Gasteiger partial charge is 0.396 e. The Bertz CT molecular complexity index is 504. The molecule has 2 saturated heterocycles. The maximum absolute atomic E-state index is 14.5. The summed E-state index contributed by atoms with van der Waals surface area (Å²) in [6, 6.07) is 0.512. The summed E-state index contributed by atoms with van der Waals surface area (Å²) >= 11 is 0. The number of aryl methyl sites for hydroxylation is 1. The fourth-order valence-electron chi connectivity index (χ4n) is 4.09. The Morgan fingerprint density at radius 1 is 1.40 bits per heavy atom. The van der Waals surface area contributed by atoms with Gasteiger partial charge in [-0.15, -0.1) is 0 Å². The molecular formula is C15H22FN3O. The first-order valence-corrected chi connectivity index (χ1v) is 7.55. The zero-order valence-electron chi connectivity index (χ0n) is 12.1. The van der Waals surface area contributed by atoms with Crippen LogP contribution in [0, 0.1) is 11.2 Å². The standard InChI is InChI=1S/C15H22FN3O/c1-3-11-13(16)14(18-9-17-11)19-10-5-6-12(19)15(4-2,7-10)8-20/h9-10,12,20H,3-8H2,1-2H3/t10-,12+,15-/m1/s1. The molecule has 2 aliphatic rings. The van der Waals surface area contributed by atoms with Gasteiger partial charge in [0.05, 0.1) is 12.3 Å². The van der Waals surface area contributed by atoms with E-state index in [0.717, 1.165) is 25.7 Å². The van der Waals surface area contributed by atoms with Crippen LogP contribution in [0.1, 0.15) is 45.2 Å². The smallest absolute Gasteiger partial charge is 0.187 e. The second-order valence-electron chi connectivity index (χ2n) is 6.04. The molecule has 2 fully saturated rings.